The number of nitrogens with one attached hydrogen (secondary N) is 1. The molecular weight excluding hydrogens is 268 g/mol. The van der Waals surface area contributed by atoms with Crippen molar-refractivity contribution in [3.63, 3.8) is 0 Å². The average molecular weight is 290 g/mol. The standard InChI is InChI=1S/C15H22N4S/c1-9-7-12(14(15(16)20)10(2)17-9)18-13-8-19-5-3-11(13)4-6-19/h7,11,13H,3-6,8H2,1-2H3,(H2,16,20)(H,17,18). The second-order valence-electron chi connectivity index (χ2n) is 6.02. The summed E-state index contributed by atoms with van der Waals surface area (Å²) >= 11 is 5.20. The van der Waals surface area contributed by atoms with Crippen LogP contribution in [-0.2, 0) is 0 Å². The van der Waals surface area contributed by atoms with Gasteiger partial charge in [0, 0.05) is 29.7 Å². The van der Waals surface area contributed by atoms with Crippen molar-refractivity contribution >= 4 is 22.9 Å². The third-order valence-electron chi connectivity index (χ3n) is 4.57. The van der Waals surface area contributed by atoms with E-state index in [0.717, 1.165) is 35.1 Å². The number of aromatic nitrogens is 1. The number of thiocarbonyl (C=S) groups is 1. The van der Waals surface area contributed by atoms with E-state index in [1.165, 1.54) is 25.9 Å². The van der Waals surface area contributed by atoms with Crippen LogP contribution in [0.3, 0.4) is 0 Å². The topological polar surface area (TPSA) is 54.2 Å². The van der Waals surface area contributed by atoms with E-state index in [-0.39, 0.29) is 0 Å². The van der Waals surface area contributed by atoms with Gasteiger partial charge in [0.05, 0.1) is 5.56 Å². The Bertz CT molecular complexity index is 535. The molecule has 0 saturated carbocycles. The summed E-state index contributed by atoms with van der Waals surface area (Å²) in [5, 5.41) is 3.69. The van der Waals surface area contributed by atoms with Crippen molar-refractivity contribution in [3.8, 4) is 0 Å². The molecule has 108 valence electrons. The lowest BCUT2D eigenvalue weighted by molar-refractivity contribution is 0.0975. The fraction of sp³-hybridized carbons (Fsp3) is 0.600. The molecule has 20 heavy (non-hydrogen) atoms. The molecule has 3 aliphatic rings. The van der Waals surface area contributed by atoms with Gasteiger partial charge in [-0.1, -0.05) is 12.2 Å². The number of fused-ring (bicyclic) bond motifs is 3. The number of hydrogen-bond donors (Lipinski definition) is 2. The Morgan fingerprint density at radius 3 is 2.65 bits per heavy atom. The highest BCUT2D eigenvalue weighted by molar-refractivity contribution is 7.80. The summed E-state index contributed by atoms with van der Waals surface area (Å²) in [5.74, 6) is 0.771. The molecule has 1 unspecified atom stereocenters. The summed E-state index contributed by atoms with van der Waals surface area (Å²) in [4.78, 5) is 7.45. The van der Waals surface area contributed by atoms with Crippen LogP contribution in [0.4, 0.5) is 5.69 Å². The van der Waals surface area contributed by atoms with Gasteiger partial charge in [-0.15, -0.1) is 0 Å². The third-order valence-corrected chi connectivity index (χ3v) is 4.78. The maximum atomic E-state index is 5.89. The number of aryl methyl sites for hydroxylation is 2. The van der Waals surface area contributed by atoms with Gasteiger partial charge in [0.2, 0.25) is 0 Å². The molecule has 0 aliphatic carbocycles. The number of piperidine rings is 3. The maximum absolute atomic E-state index is 5.89. The van der Waals surface area contributed by atoms with Gasteiger partial charge in [0.25, 0.3) is 0 Å². The number of nitrogens with zero attached hydrogens (tertiary/aromatic N) is 2. The Morgan fingerprint density at radius 1 is 1.40 bits per heavy atom. The van der Waals surface area contributed by atoms with E-state index in [1.54, 1.807) is 0 Å². The molecule has 1 atom stereocenters. The number of hydrogen-bond acceptors (Lipinski definition) is 4. The van der Waals surface area contributed by atoms with Crippen LogP contribution < -0.4 is 11.1 Å². The molecular formula is C15H22N4S. The molecule has 3 fully saturated rings. The quantitative estimate of drug-likeness (QED) is 0.832. The van der Waals surface area contributed by atoms with Gasteiger partial charge in [-0.3, -0.25) is 4.98 Å². The van der Waals surface area contributed by atoms with Crippen LogP contribution in [0.1, 0.15) is 29.8 Å². The largest absolute Gasteiger partial charge is 0.389 e. The lowest BCUT2D eigenvalue weighted by Gasteiger charge is -2.45. The normalized spacial score (nSPS) is 28.4. The van der Waals surface area contributed by atoms with Gasteiger partial charge in [-0.25, -0.2) is 0 Å². The number of rotatable bonds is 3. The van der Waals surface area contributed by atoms with Crippen molar-refractivity contribution in [1.29, 1.82) is 0 Å². The number of nitrogens with two attached hydrogens (primary N) is 1. The van der Waals surface area contributed by atoms with Crippen LogP contribution >= 0.6 is 12.2 Å². The van der Waals surface area contributed by atoms with Gasteiger partial charge in [-0.05, 0) is 51.8 Å². The van der Waals surface area contributed by atoms with E-state index in [0.29, 0.717) is 11.0 Å². The van der Waals surface area contributed by atoms with Gasteiger partial charge in [-0.2, -0.15) is 0 Å². The molecule has 5 heteroatoms. The molecule has 3 N–H and O–H groups in total. The smallest absolute Gasteiger partial charge is 0.107 e. The van der Waals surface area contributed by atoms with Crippen LogP contribution in [0, 0.1) is 19.8 Å². The molecule has 0 spiro atoms. The Morgan fingerprint density at radius 2 is 2.10 bits per heavy atom. The molecule has 4 heterocycles. The highest BCUT2D eigenvalue weighted by atomic mass is 32.1. The molecule has 1 aromatic heterocycles. The molecule has 0 amide bonds. The second kappa shape index (κ2) is 5.30. The molecule has 4 nitrogen and oxygen atoms in total. The van der Waals surface area contributed by atoms with Gasteiger partial charge < -0.3 is 16.0 Å². The fourth-order valence-corrected chi connectivity index (χ4v) is 3.84. The van der Waals surface area contributed by atoms with E-state index in [2.05, 4.69) is 21.3 Å². The zero-order chi connectivity index (χ0) is 14.3. The summed E-state index contributed by atoms with van der Waals surface area (Å²) in [5.41, 5.74) is 9.77. The summed E-state index contributed by atoms with van der Waals surface area (Å²) < 4.78 is 0. The van der Waals surface area contributed by atoms with Crippen molar-refractivity contribution in [2.24, 2.45) is 11.7 Å². The van der Waals surface area contributed by atoms with Crippen LogP contribution in [0.2, 0.25) is 0 Å². The molecule has 2 bridgehead atoms. The first-order valence-electron chi connectivity index (χ1n) is 7.31. The third kappa shape index (κ3) is 2.52. The lowest BCUT2D eigenvalue weighted by atomic mass is 9.84. The van der Waals surface area contributed by atoms with Crippen LogP contribution in [0.5, 0.6) is 0 Å². The average Bonchev–Trinajstić information content (AvgIpc) is 2.38. The highest BCUT2D eigenvalue weighted by Crippen LogP contribution is 2.31. The van der Waals surface area contributed by atoms with Crippen molar-refractivity contribution in [2.75, 3.05) is 25.0 Å². The first-order valence-corrected chi connectivity index (χ1v) is 7.72. The summed E-state index contributed by atoms with van der Waals surface area (Å²) in [6, 6.07) is 2.57. The zero-order valence-electron chi connectivity index (χ0n) is 12.1. The summed E-state index contributed by atoms with van der Waals surface area (Å²) in [6.45, 7) is 7.61. The van der Waals surface area contributed by atoms with Crippen molar-refractivity contribution < 1.29 is 0 Å². The molecule has 1 aromatic rings. The molecule has 3 saturated heterocycles. The minimum atomic E-state index is 0.429. The van der Waals surface area contributed by atoms with Crippen LogP contribution in [0.25, 0.3) is 0 Å². The Kier molecular flexibility index (Phi) is 3.65. The first-order chi connectivity index (χ1) is 9.54. The van der Waals surface area contributed by atoms with Crippen molar-refractivity contribution in [1.82, 2.24) is 9.88 Å². The van der Waals surface area contributed by atoms with Crippen LogP contribution in [-0.4, -0.2) is 40.5 Å². The van der Waals surface area contributed by atoms with E-state index in [9.17, 15) is 0 Å². The zero-order valence-corrected chi connectivity index (χ0v) is 13.0. The van der Waals surface area contributed by atoms with Gasteiger partial charge in [0.15, 0.2) is 0 Å². The minimum absolute atomic E-state index is 0.429. The summed E-state index contributed by atoms with van der Waals surface area (Å²) in [7, 11) is 0. The molecule has 3 aliphatic heterocycles. The Hall–Kier alpha value is -1.20. The Balaban J connectivity index is 1.88. The number of anilines is 1. The summed E-state index contributed by atoms with van der Waals surface area (Å²) in [6.07, 6.45) is 2.59. The highest BCUT2D eigenvalue weighted by Gasteiger charge is 2.34. The molecule has 0 radical (unpaired) electrons. The molecule has 0 aromatic carbocycles. The van der Waals surface area contributed by atoms with Gasteiger partial charge in [0.1, 0.15) is 4.99 Å². The minimum Gasteiger partial charge on any atom is -0.389 e. The molecule has 4 rings (SSSR count). The predicted molar refractivity (Wildman–Crippen MR) is 86.2 cm³/mol. The number of pyridine rings is 1. The van der Waals surface area contributed by atoms with Crippen LogP contribution in [0.15, 0.2) is 6.07 Å². The van der Waals surface area contributed by atoms with Gasteiger partial charge >= 0.3 is 0 Å². The maximum Gasteiger partial charge on any atom is 0.107 e. The van der Waals surface area contributed by atoms with Crippen molar-refractivity contribution in [3.05, 3.63) is 23.0 Å². The predicted octanol–water partition coefficient (Wildman–Crippen LogP) is 1.84. The first kappa shape index (κ1) is 13.8. The van der Waals surface area contributed by atoms with Crippen molar-refractivity contribution in [2.45, 2.75) is 32.7 Å². The monoisotopic (exact) mass is 290 g/mol. The van der Waals surface area contributed by atoms with E-state index >= 15 is 0 Å². The van der Waals surface area contributed by atoms with E-state index in [4.69, 9.17) is 18.0 Å². The fourth-order valence-electron chi connectivity index (χ4n) is 3.58. The SMILES string of the molecule is Cc1cc(NC2CN3CCC2CC3)c(C(N)=S)c(C)n1. The lowest BCUT2D eigenvalue weighted by Crippen LogP contribution is -2.53. The van der Waals surface area contributed by atoms with E-state index < -0.39 is 0 Å². The second-order valence-corrected chi connectivity index (χ2v) is 6.46. The Labute approximate surface area is 125 Å². The van der Waals surface area contributed by atoms with E-state index in [1.807, 2.05) is 13.8 Å².